The molecule has 0 aromatic carbocycles. The minimum Gasteiger partial charge on any atom is -0.334 e. The number of hydrogen-bond acceptors (Lipinski definition) is 3. The zero-order valence-corrected chi connectivity index (χ0v) is 9.15. The van der Waals surface area contributed by atoms with E-state index >= 15 is 0 Å². The van der Waals surface area contributed by atoms with Gasteiger partial charge in [-0.1, -0.05) is 13.3 Å². The van der Waals surface area contributed by atoms with E-state index < -0.39 is 0 Å². The van der Waals surface area contributed by atoms with E-state index in [1.807, 2.05) is 13.4 Å². The van der Waals surface area contributed by atoms with Crippen molar-refractivity contribution in [2.24, 2.45) is 5.10 Å². The van der Waals surface area contributed by atoms with Gasteiger partial charge in [0.1, 0.15) is 6.34 Å². The Labute approximate surface area is 81.6 Å². The summed E-state index contributed by atoms with van der Waals surface area (Å²) in [5.41, 5.74) is 0. The lowest BCUT2D eigenvalue weighted by Gasteiger charge is -2.22. The molecule has 0 amide bonds. The van der Waals surface area contributed by atoms with Gasteiger partial charge in [0, 0.05) is 13.6 Å². The highest BCUT2D eigenvalue weighted by atomic mass is 127. The van der Waals surface area contributed by atoms with E-state index in [4.69, 9.17) is 0 Å². The Bertz CT molecular complexity index is 149. The standard InChI is InChI=1S/C7H14IN3/c1-3-4-5-11-7(8)10(2)6-9-11/h6-7H,3-5H2,1-2H3. The summed E-state index contributed by atoms with van der Waals surface area (Å²) in [6.45, 7) is 3.27. The van der Waals surface area contributed by atoms with Gasteiger partial charge in [0.05, 0.1) is 0 Å². The first-order valence-electron chi connectivity index (χ1n) is 3.92. The van der Waals surface area contributed by atoms with Gasteiger partial charge in [0.15, 0.2) is 4.17 Å². The van der Waals surface area contributed by atoms with E-state index in [2.05, 4.69) is 44.5 Å². The third kappa shape index (κ3) is 2.21. The normalized spacial score (nSPS) is 23.4. The minimum atomic E-state index is 0.416. The molecule has 1 aliphatic heterocycles. The average molecular weight is 267 g/mol. The van der Waals surface area contributed by atoms with Crippen LogP contribution in [0.5, 0.6) is 0 Å². The molecule has 1 aliphatic rings. The van der Waals surface area contributed by atoms with Gasteiger partial charge < -0.3 is 4.90 Å². The Morgan fingerprint density at radius 2 is 2.36 bits per heavy atom. The molecule has 0 saturated carbocycles. The lowest BCUT2D eigenvalue weighted by atomic mass is 10.3. The zero-order valence-electron chi connectivity index (χ0n) is 7.00. The summed E-state index contributed by atoms with van der Waals surface area (Å²) in [6.07, 6.45) is 4.34. The maximum atomic E-state index is 4.26. The molecule has 4 heteroatoms. The summed E-state index contributed by atoms with van der Waals surface area (Å²) in [5.74, 6) is 0. The fraction of sp³-hybridized carbons (Fsp3) is 0.857. The second-order valence-electron chi connectivity index (χ2n) is 2.72. The fourth-order valence-corrected chi connectivity index (χ4v) is 1.52. The Balaban J connectivity index is 2.31. The van der Waals surface area contributed by atoms with E-state index in [9.17, 15) is 0 Å². The van der Waals surface area contributed by atoms with Gasteiger partial charge in [-0.2, -0.15) is 5.10 Å². The molecule has 1 rings (SSSR count). The van der Waals surface area contributed by atoms with Gasteiger partial charge in [-0.15, -0.1) is 0 Å². The molecule has 0 spiro atoms. The summed E-state index contributed by atoms with van der Waals surface area (Å²) in [4.78, 5) is 2.11. The summed E-state index contributed by atoms with van der Waals surface area (Å²) in [5, 5.41) is 6.38. The largest absolute Gasteiger partial charge is 0.334 e. The van der Waals surface area contributed by atoms with E-state index in [0.717, 1.165) is 6.54 Å². The number of alkyl halides is 1. The van der Waals surface area contributed by atoms with Crippen molar-refractivity contribution in [3.05, 3.63) is 0 Å². The molecular formula is C7H14IN3. The van der Waals surface area contributed by atoms with E-state index in [1.54, 1.807) is 0 Å². The highest BCUT2D eigenvalue weighted by Crippen LogP contribution is 2.16. The molecule has 11 heavy (non-hydrogen) atoms. The molecule has 0 saturated heterocycles. The molecule has 0 N–H and O–H groups in total. The molecule has 1 atom stereocenters. The molecule has 64 valence electrons. The molecule has 0 aromatic rings. The maximum absolute atomic E-state index is 4.26. The second kappa shape index (κ2) is 4.13. The molecule has 0 bridgehead atoms. The number of hydrazone groups is 1. The fourth-order valence-electron chi connectivity index (χ4n) is 0.952. The molecule has 0 aliphatic carbocycles. The smallest absolute Gasteiger partial charge is 0.171 e. The van der Waals surface area contributed by atoms with E-state index in [1.165, 1.54) is 12.8 Å². The highest BCUT2D eigenvalue weighted by Gasteiger charge is 2.20. The lowest BCUT2D eigenvalue weighted by Crippen LogP contribution is -2.32. The van der Waals surface area contributed by atoms with Crippen molar-refractivity contribution < 1.29 is 0 Å². The van der Waals surface area contributed by atoms with Crippen LogP contribution in [0.25, 0.3) is 0 Å². The van der Waals surface area contributed by atoms with Crippen LogP contribution in [0.1, 0.15) is 19.8 Å². The first kappa shape index (κ1) is 9.09. The number of unbranched alkanes of at least 4 members (excludes halogenated alkanes) is 1. The number of nitrogens with zero attached hydrogens (tertiary/aromatic N) is 3. The van der Waals surface area contributed by atoms with Gasteiger partial charge in [-0.05, 0) is 29.0 Å². The van der Waals surface area contributed by atoms with Crippen LogP contribution in [0.3, 0.4) is 0 Å². The van der Waals surface area contributed by atoms with Crippen molar-refractivity contribution >= 4 is 28.9 Å². The van der Waals surface area contributed by atoms with E-state index in [-0.39, 0.29) is 0 Å². The van der Waals surface area contributed by atoms with Gasteiger partial charge in [-0.25, -0.2) is 0 Å². The van der Waals surface area contributed by atoms with Crippen LogP contribution < -0.4 is 0 Å². The predicted octanol–water partition coefficient (Wildman–Crippen LogP) is 1.70. The van der Waals surface area contributed by atoms with Crippen LogP contribution in [0.15, 0.2) is 5.10 Å². The van der Waals surface area contributed by atoms with Crippen LogP contribution in [0, 0.1) is 0 Å². The summed E-state index contributed by atoms with van der Waals surface area (Å²) >= 11 is 2.39. The third-order valence-corrected chi connectivity index (χ3v) is 3.23. The molecule has 0 radical (unpaired) electrons. The first-order valence-corrected chi connectivity index (χ1v) is 5.17. The molecule has 3 nitrogen and oxygen atoms in total. The topological polar surface area (TPSA) is 18.8 Å². The third-order valence-electron chi connectivity index (χ3n) is 1.70. The molecule has 1 heterocycles. The van der Waals surface area contributed by atoms with Crippen molar-refractivity contribution in [2.45, 2.75) is 23.9 Å². The van der Waals surface area contributed by atoms with Crippen LogP contribution >= 0.6 is 22.6 Å². The van der Waals surface area contributed by atoms with E-state index in [0.29, 0.717) is 4.17 Å². The Morgan fingerprint density at radius 1 is 1.64 bits per heavy atom. The van der Waals surface area contributed by atoms with Crippen molar-refractivity contribution in [1.82, 2.24) is 9.91 Å². The molecule has 0 aromatic heterocycles. The monoisotopic (exact) mass is 267 g/mol. The van der Waals surface area contributed by atoms with Crippen LogP contribution in [0.2, 0.25) is 0 Å². The van der Waals surface area contributed by atoms with Gasteiger partial charge in [-0.3, -0.25) is 5.01 Å². The average Bonchev–Trinajstić information content (AvgIpc) is 2.31. The van der Waals surface area contributed by atoms with Crippen LogP contribution in [0.4, 0.5) is 0 Å². The Kier molecular flexibility index (Phi) is 3.42. The molecule has 0 fully saturated rings. The van der Waals surface area contributed by atoms with Crippen molar-refractivity contribution in [3.8, 4) is 0 Å². The predicted molar refractivity (Wildman–Crippen MR) is 55.7 cm³/mol. The maximum Gasteiger partial charge on any atom is 0.171 e. The van der Waals surface area contributed by atoms with Gasteiger partial charge in [0.2, 0.25) is 0 Å². The van der Waals surface area contributed by atoms with Crippen molar-refractivity contribution in [2.75, 3.05) is 13.6 Å². The summed E-state index contributed by atoms with van der Waals surface area (Å²) < 4.78 is 0.416. The van der Waals surface area contributed by atoms with Crippen LogP contribution in [-0.2, 0) is 0 Å². The lowest BCUT2D eigenvalue weighted by molar-refractivity contribution is 0.233. The van der Waals surface area contributed by atoms with Crippen LogP contribution in [-0.4, -0.2) is 34.0 Å². The molecule has 1 unspecified atom stereocenters. The number of halogens is 1. The van der Waals surface area contributed by atoms with Gasteiger partial charge in [0.25, 0.3) is 0 Å². The molecular weight excluding hydrogens is 253 g/mol. The first-order chi connectivity index (χ1) is 5.25. The Hall–Kier alpha value is 0. The summed E-state index contributed by atoms with van der Waals surface area (Å²) in [7, 11) is 2.05. The quantitative estimate of drug-likeness (QED) is 0.440. The van der Waals surface area contributed by atoms with Crippen molar-refractivity contribution in [3.63, 3.8) is 0 Å². The van der Waals surface area contributed by atoms with Crippen molar-refractivity contribution in [1.29, 1.82) is 0 Å². The van der Waals surface area contributed by atoms with Gasteiger partial charge >= 0.3 is 0 Å². The zero-order chi connectivity index (χ0) is 8.27. The minimum absolute atomic E-state index is 0.416. The Morgan fingerprint density at radius 3 is 2.82 bits per heavy atom. The summed E-state index contributed by atoms with van der Waals surface area (Å²) in [6, 6.07) is 0. The number of rotatable bonds is 3. The number of hydrogen-bond donors (Lipinski definition) is 0. The second-order valence-corrected chi connectivity index (χ2v) is 3.84. The SMILES string of the molecule is CCCCN1N=CN(C)C1I. The highest BCUT2D eigenvalue weighted by molar-refractivity contribution is 14.1.